The molecule has 1 aromatic heterocycles. The average Bonchev–Trinajstić information content (AvgIpc) is 3.21. The number of ether oxygens (including phenoxy) is 2. The molecule has 6 nitrogen and oxygen atoms in total. The molecule has 166 valence electrons. The first-order valence-corrected chi connectivity index (χ1v) is 12.1. The van der Waals surface area contributed by atoms with Gasteiger partial charge in [-0.1, -0.05) is 33.3 Å². The van der Waals surface area contributed by atoms with Crippen molar-refractivity contribution in [1.29, 1.82) is 0 Å². The SMILES string of the molecule is CC(C)(C)C(c1cnc(NC(=O)C2(c3ccc4c(c3)OCO4)CC2)s1)N1CCCCC1. The maximum atomic E-state index is 13.2. The zero-order chi connectivity index (χ0) is 21.6. The van der Waals surface area contributed by atoms with Crippen LogP contribution < -0.4 is 14.8 Å². The van der Waals surface area contributed by atoms with Gasteiger partial charge in [0.2, 0.25) is 12.7 Å². The van der Waals surface area contributed by atoms with E-state index in [1.165, 1.54) is 24.1 Å². The summed E-state index contributed by atoms with van der Waals surface area (Å²) in [5, 5.41) is 3.81. The van der Waals surface area contributed by atoms with Crippen molar-refractivity contribution in [3.8, 4) is 11.5 Å². The normalized spacial score (nSPS) is 21.0. The number of carbonyl (C=O) groups is 1. The molecule has 1 aromatic carbocycles. The summed E-state index contributed by atoms with van der Waals surface area (Å²) >= 11 is 1.62. The predicted molar refractivity (Wildman–Crippen MR) is 122 cm³/mol. The number of hydrogen-bond donors (Lipinski definition) is 1. The molecule has 0 spiro atoms. The molecule has 2 aliphatic heterocycles. The summed E-state index contributed by atoms with van der Waals surface area (Å²) in [4.78, 5) is 21.7. The highest BCUT2D eigenvalue weighted by molar-refractivity contribution is 7.15. The lowest BCUT2D eigenvalue weighted by atomic mass is 9.84. The molecule has 3 heterocycles. The molecule has 1 unspecified atom stereocenters. The zero-order valence-corrected chi connectivity index (χ0v) is 19.4. The second kappa shape index (κ2) is 7.78. The van der Waals surface area contributed by atoms with E-state index in [0.717, 1.165) is 43.0 Å². The summed E-state index contributed by atoms with van der Waals surface area (Å²) in [6, 6.07) is 6.16. The third kappa shape index (κ3) is 3.94. The first-order chi connectivity index (χ1) is 14.9. The Labute approximate surface area is 188 Å². The zero-order valence-electron chi connectivity index (χ0n) is 18.6. The van der Waals surface area contributed by atoms with Crippen molar-refractivity contribution in [3.63, 3.8) is 0 Å². The number of thiazole rings is 1. The predicted octanol–water partition coefficient (Wildman–Crippen LogP) is 5.12. The second-order valence-electron chi connectivity index (χ2n) is 10.0. The van der Waals surface area contributed by atoms with Crippen LogP contribution in [0.5, 0.6) is 11.5 Å². The van der Waals surface area contributed by atoms with Gasteiger partial charge in [-0.2, -0.15) is 0 Å². The molecular formula is C24H31N3O3S. The van der Waals surface area contributed by atoms with Crippen molar-refractivity contribution in [2.45, 2.75) is 64.3 Å². The van der Waals surface area contributed by atoms with E-state index < -0.39 is 5.41 Å². The van der Waals surface area contributed by atoms with E-state index >= 15 is 0 Å². The minimum atomic E-state index is -0.483. The minimum absolute atomic E-state index is 0.0255. The number of aromatic nitrogens is 1. The number of fused-ring (bicyclic) bond motifs is 1. The van der Waals surface area contributed by atoms with E-state index in [0.29, 0.717) is 11.2 Å². The van der Waals surface area contributed by atoms with Crippen LogP contribution in [0.4, 0.5) is 5.13 Å². The summed E-state index contributed by atoms with van der Waals surface area (Å²) in [6.07, 6.45) is 7.48. The minimum Gasteiger partial charge on any atom is -0.454 e. The van der Waals surface area contributed by atoms with Crippen LogP contribution in [0.1, 0.15) is 69.4 Å². The number of amides is 1. The summed E-state index contributed by atoms with van der Waals surface area (Å²) in [6.45, 7) is 9.39. The molecule has 1 saturated heterocycles. The molecule has 0 radical (unpaired) electrons. The van der Waals surface area contributed by atoms with Crippen molar-refractivity contribution in [2.75, 3.05) is 25.2 Å². The lowest BCUT2D eigenvalue weighted by Crippen LogP contribution is -2.39. The van der Waals surface area contributed by atoms with E-state index in [4.69, 9.17) is 9.47 Å². The first-order valence-electron chi connectivity index (χ1n) is 11.3. The number of carbonyl (C=O) groups excluding carboxylic acids is 1. The molecule has 0 bridgehead atoms. The summed E-state index contributed by atoms with van der Waals surface area (Å²) in [5.41, 5.74) is 0.616. The molecule has 1 atom stereocenters. The molecular weight excluding hydrogens is 410 g/mol. The van der Waals surface area contributed by atoms with Gasteiger partial charge in [-0.15, -0.1) is 11.3 Å². The molecule has 7 heteroatoms. The lowest BCUT2D eigenvalue weighted by molar-refractivity contribution is -0.118. The molecule has 5 rings (SSSR count). The largest absolute Gasteiger partial charge is 0.454 e. The van der Waals surface area contributed by atoms with Crippen LogP contribution in [0.15, 0.2) is 24.4 Å². The van der Waals surface area contributed by atoms with Crippen molar-refractivity contribution in [3.05, 3.63) is 34.8 Å². The van der Waals surface area contributed by atoms with Gasteiger partial charge in [0.05, 0.1) is 11.5 Å². The Hall–Kier alpha value is -2.12. The smallest absolute Gasteiger partial charge is 0.236 e. The van der Waals surface area contributed by atoms with Gasteiger partial charge in [0.25, 0.3) is 0 Å². The summed E-state index contributed by atoms with van der Waals surface area (Å²) in [5.74, 6) is 1.50. The second-order valence-corrected chi connectivity index (χ2v) is 11.1. The van der Waals surface area contributed by atoms with Crippen molar-refractivity contribution >= 4 is 22.4 Å². The highest BCUT2D eigenvalue weighted by Crippen LogP contribution is 2.51. The van der Waals surface area contributed by atoms with Gasteiger partial charge >= 0.3 is 0 Å². The lowest BCUT2D eigenvalue weighted by Gasteiger charge is -2.41. The van der Waals surface area contributed by atoms with Gasteiger partial charge in [-0.05, 0) is 61.9 Å². The van der Waals surface area contributed by atoms with Gasteiger partial charge in [0.15, 0.2) is 16.6 Å². The molecule has 1 N–H and O–H groups in total. The Balaban J connectivity index is 1.33. The maximum absolute atomic E-state index is 13.2. The van der Waals surface area contributed by atoms with Gasteiger partial charge < -0.3 is 14.8 Å². The number of hydrogen-bond acceptors (Lipinski definition) is 6. The molecule has 31 heavy (non-hydrogen) atoms. The monoisotopic (exact) mass is 441 g/mol. The van der Waals surface area contributed by atoms with E-state index in [1.54, 1.807) is 11.3 Å². The van der Waals surface area contributed by atoms with Crippen molar-refractivity contribution in [1.82, 2.24) is 9.88 Å². The number of rotatable bonds is 5. The molecule has 1 aliphatic carbocycles. The number of nitrogens with zero attached hydrogens (tertiary/aromatic N) is 2. The highest BCUT2D eigenvalue weighted by atomic mass is 32.1. The van der Waals surface area contributed by atoms with Crippen LogP contribution in [0.25, 0.3) is 0 Å². The van der Waals surface area contributed by atoms with Gasteiger partial charge in [0, 0.05) is 11.1 Å². The molecule has 3 aliphatic rings. The Morgan fingerprint density at radius 2 is 1.90 bits per heavy atom. The van der Waals surface area contributed by atoms with E-state index in [9.17, 15) is 4.79 Å². The van der Waals surface area contributed by atoms with Crippen LogP contribution in [0, 0.1) is 5.41 Å². The first kappa shape index (κ1) is 20.8. The fourth-order valence-electron chi connectivity index (χ4n) is 4.98. The van der Waals surface area contributed by atoms with Gasteiger partial charge in [0.1, 0.15) is 0 Å². The molecule has 1 saturated carbocycles. The van der Waals surface area contributed by atoms with Crippen molar-refractivity contribution in [2.24, 2.45) is 5.41 Å². The highest BCUT2D eigenvalue weighted by Gasteiger charge is 2.52. The van der Waals surface area contributed by atoms with E-state index in [1.807, 2.05) is 24.4 Å². The Kier molecular flexibility index (Phi) is 5.21. The van der Waals surface area contributed by atoms with E-state index in [-0.39, 0.29) is 18.1 Å². The van der Waals surface area contributed by atoms with Crippen LogP contribution in [0.3, 0.4) is 0 Å². The Morgan fingerprint density at radius 1 is 1.16 bits per heavy atom. The summed E-state index contributed by atoms with van der Waals surface area (Å²) < 4.78 is 10.9. The molecule has 1 amide bonds. The van der Waals surface area contributed by atoms with Crippen molar-refractivity contribution < 1.29 is 14.3 Å². The number of benzene rings is 1. The summed E-state index contributed by atoms with van der Waals surface area (Å²) in [7, 11) is 0. The van der Waals surface area contributed by atoms with Crippen LogP contribution in [-0.2, 0) is 10.2 Å². The number of nitrogens with one attached hydrogen (secondary N) is 1. The quantitative estimate of drug-likeness (QED) is 0.698. The van der Waals surface area contributed by atoms with Crippen LogP contribution >= 0.6 is 11.3 Å². The van der Waals surface area contributed by atoms with E-state index in [2.05, 4.69) is 36.0 Å². The maximum Gasteiger partial charge on any atom is 0.236 e. The third-order valence-electron chi connectivity index (χ3n) is 6.70. The Bertz CT molecular complexity index is 971. The topological polar surface area (TPSA) is 63.7 Å². The Morgan fingerprint density at radius 3 is 2.61 bits per heavy atom. The van der Waals surface area contributed by atoms with Crippen LogP contribution in [0.2, 0.25) is 0 Å². The standard InChI is InChI=1S/C24H31N3O3S/c1-23(2,3)20(27-11-5-4-6-12-27)19-14-25-22(31-19)26-21(28)24(9-10-24)16-7-8-17-18(13-16)30-15-29-17/h7-8,13-14,20H,4-6,9-12,15H2,1-3H3,(H,25,26,28). The molecule has 2 fully saturated rings. The van der Waals surface area contributed by atoms with Gasteiger partial charge in [-0.3, -0.25) is 9.69 Å². The van der Waals surface area contributed by atoms with Gasteiger partial charge in [-0.25, -0.2) is 4.98 Å². The number of likely N-dealkylation sites (tertiary alicyclic amines) is 1. The number of anilines is 1. The fraction of sp³-hybridized carbons (Fsp3) is 0.583. The molecule has 2 aromatic rings. The third-order valence-corrected chi connectivity index (χ3v) is 7.66. The fourth-order valence-corrected chi connectivity index (χ4v) is 6.18. The number of piperidine rings is 1. The average molecular weight is 442 g/mol. The van der Waals surface area contributed by atoms with Crippen LogP contribution in [-0.4, -0.2) is 35.7 Å².